The number of para-hydroxylation sites is 1. The highest BCUT2D eigenvalue weighted by atomic mass is 32.2. The molecular formula is C25H22N2O4S. The van der Waals surface area contributed by atoms with Gasteiger partial charge in [-0.2, -0.15) is 0 Å². The third-order valence-electron chi connectivity index (χ3n) is 4.93. The lowest BCUT2D eigenvalue weighted by atomic mass is 10.2. The maximum Gasteiger partial charge on any atom is 0.247 e. The summed E-state index contributed by atoms with van der Waals surface area (Å²) in [5.41, 5.74) is 2.30. The molecule has 1 saturated heterocycles. The van der Waals surface area contributed by atoms with E-state index in [-0.39, 0.29) is 29.9 Å². The number of hydrogen-bond donors (Lipinski definition) is 1. The molecule has 0 spiro atoms. The van der Waals surface area contributed by atoms with Gasteiger partial charge in [-0.05, 0) is 55.5 Å². The number of nitrogens with zero attached hydrogens (tertiary/aromatic N) is 1. The fourth-order valence-electron chi connectivity index (χ4n) is 3.30. The second-order valence-corrected chi connectivity index (χ2v) is 8.59. The van der Waals surface area contributed by atoms with E-state index in [1.807, 2.05) is 61.5 Å². The van der Waals surface area contributed by atoms with Gasteiger partial charge in [0.05, 0.1) is 16.7 Å². The maximum atomic E-state index is 12.8. The number of anilines is 2. The van der Waals surface area contributed by atoms with Gasteiger partial charge >= 0.3 is 0 Å². The molecule has 1 heterocycles. The number of aryl methyl sites for hydroxylation is 1. The van der Waals surface area contributed by atoms with Crippen molar-refractivity contribution >= 4 is 40.9 Å². The molecule has 1 fully saturated rings. The predicted molar refractivity (Wildman–Crippen MR) is 126 cm³/mol. The average Bonchev–Trinajstić information content (AvgIpc) is 3.08. The molecule has 0 bridgehead atoms. The van der Waals surface area contributed by atoms with E-state index < -0.39 is 5.25 Å². The number of rotatable bonds is 7. The molecule has 162 valence electrons. The van der Waals surface area contributed by atoms with Gasteiger partial charge < -0.3 is 10.1 Å². The number of carbonyl (C=O) groups is 3. The number of amides is 3. The van der Waals surface area contributed by atoms with Crippen LogP contribution in [0.4, 0.5) is 11.4 Å². The second kappa shape index (κ2) is 9.70. The first-order valence-corrected chi connectivity index (χ1v) is 11.2. The predicted octanol–water partition coefficient (Wildman–Crippen LogP) is 4.79. The quantitative estimate of drug-likeness (QED) is 0.528. The summed E-state index contributed by atoms with van der Waals surface area (Å²) in [6.07, 6.45) is 0.0730. The molecule has 0 radical (unpaired) electrons. The molecule has 1 atom stereocenters. The van der Waals surface area contributed by atoms with Crippen molar-refractivity contribution in [2.75, 3.05) is 16.0 Å². The molecule has 3 aromatic carbocycles. The Balaban J connectivity index is 1.34. The number of benzene rings is 3. The third kappa shape index (κ3) is 5.18. The fourth-order valence-corrected chi connectivity index (χ4v) is 4.24. The molecule has 3 aromatic rings. The van der Waals surface area contributed by atoms with E-state index in [1.54, 1.807) is 24.3 Å². The SMILES string of the molecule is Cc1ccc(NC(=O)CSC2CC(=O)N(c3ccc(Oc4ccccc4)cc3)C2=O)cc1. The fraction of sp³-hybridized carbons (Fsp3) is 0.160. The Morgan fingerprint density at radius 1 is 0.969 bits per heavy atom. The molecule has 1 N–H and O–H groups in total. The van der Waals surface area contributed by atoms with Gasteiger partial charge in [0.1, 0.15) is 11.5 Å². The zero-order chi connectivity index (χ0) is 22.5. The van der Waals surface area contributed by atoms with Crippen LogP contribution < -0.4 is 15.0 Å². The van der Waals surface area contributed by atoms with E-state index in [2.05, 4.69) is 5.32 Å². The zero-order valence-electron chi connectivity index (χ0n) is 17.5. The first-order chi connectivity index (χ1) is 15.5. The summed E-state index contributed by atoms with van der Waals surface area (Å²) in [5, 5.41) is 2.23. The molecule has 4 rings (SSSR count). The summed E-state index contributed by atoms with van der Waals surface area (Å²) in [6, 6.07) is 23.6. The average molecular weight is 447 g/mol. The lowest BCUT2D eigenvalue weighted by Gasteiger charge is -2.15. The largest absolute Gasteiger partial charge is 0.457 e. The Morgan fingerprint density at radius 2 is 1.62 bits per heavy atom. The van der Waals surface area contributed by atoms with Crippen molar-refractivity contribution < 1.29 is 19.1 Å². The highest BCUT2D eigenvalue weighted by Crippen LogP contribution is 2.31. The summed E-state index contributed by atoms with van der Waals surface area (Å²) in [4.78, 5) is 38.7. The lowest BCUT2D eigenvalue weighted by Crippen LogP contribution is -2.31. The summed E-state index contributed by atoms with van der Waals surface area (Å²) in [6.45, 7) is 1.97. The molecule has 32 heavy (non-hydrogen) atoms. The van der Waals surface area contributed by atoms with Crippen molar-refractivity contribution in [1.82, 2.24) is 0 Å². The zero-order valence-corrected chi connectivity index (χ0v) is 18.3. The highest BCUT2D eigenvalue weighted by Gasteiger charge is 2.40. The number of thioether (sulfide) groups is 1. The summed E-state index contributed by atoms with van der Waals surface area (Å²) in [5.74, 6) is 0.615. The molecule has 0 saturated carbocycles. The first-order valence-electron chi connectivity index (χ1n) is 10.2. The van der Waals surface area contributed by atoms with Crippen LogP contribution in [0.1, 0.15) is 12.0 Å². The van der Waals surface area contributed by atoms with Gasteiger partial charge in [-0.3, -0.25) is 14.4 Å². The van der Waals surface area contributed by atoms with Crippen molar-refractivity contribution in [2.24, 2.45) is 0 Å². The first kappa shape index (κ1) is 21.6. The van der Waals surface area contributed by atoms with E-state index >= 15 is 0 Å². The molecule has 6 nitrogen and oxygen atoms in total. The van der Waals surface area contributed by atoms with Crippen LogP contribution >= 0.6 is 11.8 Å². The minimum atomic E-state index is -0.577. The van der Waals surface area contributed by atoms with Gasteiger partial charge in [0, 0.05) is 12.1 Å². The topological polar surface area (TPSA) is 75.7 Å². The molecule has 1 unspecified atom stereocenters. The Kier molecular flexibility index (Phi) is 6.56. The van der Waals surface area contributed by atoms with Crippen molar-refractivity contribution in [3.05, 3.63) is 84.4 Å². The smallest absolute Gasteiger partial charge is 0.247 e. The van der Waals surface area contributed by atoms with E-state index in [0.29, 0.717) is 22.9 Å². The van der Waals surface area contributed by atoms with Crippen LogP contribution in [-0.4, -0.2) is 28.7 Å². The second-order valence-electron chi connectivity index (χ2n) is 7.39. The van der Waals surface area contributed by atoms with Crippen LogP contribution in [0, 0.1) is 6.92 Å². The Bertz CT molecular complexity index is 1110. The minimum absolute atomic E-state index is 0.0730. The molecule has 0 aliphatic carbocycles. The molecule has 7 heteroatoms. The van der Waals surface area contributed by atoms with Crippen LogP contribution in [-0.2, 0) is 14.4 Å². The summed E-state index contributed by atoms with van der Waals surface area (Å²) >= 11 is 1.18. The Morgan fingerprint density at radius 3 is 2.31 bits per heavy atom. The van der Waals surface area contributed by atoms with Gasteiger partial charge in [-0.25, -0.2) is 4.90 Å². The maximum absolute atomic E-state index is 12.8. The monoisotopic (exact) mass is 446 g/mol. The highest BCUT2D eigenvalue weighted by molar-refractivity contribution is 8.01. The van der Waals surface area contributed by atoms with Crippen molar-refractivity contribution in [3.63, 3.8) is 0 Å². The number of carbonyl (C=O) groups excluding carboxylic acids is 3. The Labute approximate surface area is 190 Å². The van der Waals surface area contributed by atoms with Gasteiger partial charge in [0.2, 0.25) is 17.7 Å². The molecule has 0 aromatic heterocycles. The summed E-state index contributed by atoms with van der Waals surface area (Å²) < 4.78 is 5.75. The third-order valence-corrected chi connectivity index (χ3v) is 6.13. The Hall–Kier alpha value is -3.58. The van der Waals surface area contributed by atoms with Crippen molar-refractivity contribution in [2.45, 2.75) is 18.6 Å². The van der Waals surface area contributed by atoms with Crippen molar-refractivity contribution in [1.29, 1.82) is 0 Å². The molecular weight excluding hydrogens is 424 g/mol. The van der Waals surface area contributed by atoms with Crippen LogP contribution in [0.15, 0.2) is 78.9 Å². The van der Waals surface area contributed by atoms with Crippen LogP contribution in [0.3, 0.4) is 0 Å². The van der Waals surface area contributed by atoms with Crippen LogP contribution in [0.5, 0.6) is 11.5 Å². The standard InChI is InChI=1S/C25H22N2O4S/c1-17-7-9-18(10-8-17)26-23(28)16-32-22-15-24(29)27(25(22)30)19-11-13-21(14-12-19)31-20-5-3-2-4-6-20/h2-14,22H,15-16H2,1H3,(H,26,28). The van der Waals surface area contributed by atoms with Gasteiger partial charge in [0.15, 0.2) is 0 Å². The molecule has 1 aliphatic heterocycles. The van der Waals surface area contributed by atoms with Crippen LogP contribution in [0.25, 0.3) is 0 Å². The van der Waals surface area contributed by atoms with E-state index in [9.17, 15) is 14.4 Å². The van der Waals surface area contributed by atoms with Gasteiger partial charge in [0.25, 0.3) is 0 Å². The normalized spacial score (nSPS) is 15.7. The van der Waals surface area contributed by atoms with E-state index in [4.69, 9.17) is 4.74 Å². The van der Waals surface area contributed by atoms with E-state index in [0.717, 1.165) is 5.56 Å². The number of imide groups is 1. The molecule has 3 amide bonds. The van der Waals surface area contributed by atoms with Crippen LogP contribution in [0.2, 0.25) is 0 Å². The number of hydrogen-bond acceptors (Lipinski definition) is 5. The van der Waals surface area contributed by atoms with E-state index in [1.165, 1.54) is 16.7 Å². The minimum Gasteiger partial charge on any atom is -0.457 e. The van der Waals surface area contributed by atoms with Crippen molar-refractivity contribution in [3.8, 4) is 11.5 Å². The number of nitrogens with one attached hydrogen (secondary N) is 1. The van der Waals surface area contributed by atoms with Gasteiger partial charge in [-0.1, -0.05) is 35.9 Å². The lowest BCUT2D eigenvalue weighted by molar-refractivity contribution is -0.121. The number of ether oxygens (including phenoxy) is 1. The molecule has 1 aliphatic rings. The van der Waals surface area contributed by atoms with Gasteiger partial charge in [-0.15, -0.1) is 11.8 Å². The summed E-state index contributed by atoms with van der Waals surface area (Å²) in [7, 11) is 0.